The maximum absolute atomic E-state index is 13.4. The number of rotatable bonds is 4. The van der Waals surface area contributed by atoms with Gasteiger partial charge in [-0.1, -0.05) is 6.92 Å². The first kappa shape index (κ1) is 15.6. The van der Waals surface area contributed by atoms with E-state index in [2.05, 4.69) is 20.7 Å². The van der Waals surface area contributed by atoms with Gasteiger partial charge in [0, 0.05) is 19.2 Å². The van der Waals surface area contributed by atoms with Crippen molar-refractivity contribution in [1.82, 2.24) is 4.90 Å². The fourth-order valence-corrected chi connectivity index (χ4v) is 1.87. The SMILES string of the molecule is COC(=O)C(C)CN(C)C(=O)c1ccc(Br)c(F)c1. The highest BCUT2D eigenvalue weighted by Crippen LogP contribution is 2.17. The molecule has 1 aromatic rings. The number of esters is 1. The van der Waals surface area contributed by atoms with Gasteiger partial charge in [-0.2, -0.15) is 0 Å². The normalized spacial score (nSPS) is 11.8. The lowest BCUT2D eigenvalue weighted by Gasteiger charge is -2.20. The van der Waals surface area contributed by atoms with Crippen LogP contribution in [0.4, 0.5) is 4.39 Å². The van der Waals surface area contributed by atoms with Crippen LogP contribution in [0.5, 0.6) is 0 Å². The third-order valence-corrected chi connectivity index (χ3v) is 3.31. The van der Waals surface area contributed by atoms with Gasteiger partial charge in [0.25, 0.3) is 5.91 Å². The van der Waals surface area contributed by atoms with Crippen molar-refractivity contribution in [2.75, 3.05) is 20.7 Å². The minimum atomic E-state index is -0.500. The fraction of sp³-hybridized carbons (Fsp3) is 0.385. The van der Waals surface area contributed by atoms with Crippen molar-refractivity contribution in [2.45, 2.75) is 6.92 Å². The first-order valence-electron chi connectivity index (χ1n) is 5.65. The van der Waals surface area contributed by atoms with E-state index in [9.17, 15) is 14.0 Å². The van der Waals surface area contributed by atoms with Gasteiger partial charge in [0.15, 0.2) is 0 Å². The maximum atomic E-state index is 13.4. The number of hydrogen-bond acceptors (Lipinski definition) is 3. The molecule has 0 saturated carbocycles. The monoisotopic (exact) mass is 331 g/mol. The third-order valence-electron chi connectivity index (χ3n) is 2.66. The van der Waals surface area contributed by atoms with Crippen molar-refractivity contribution in [3.8, 4) is 0 Å². The smallest absolute Gasteiger partial charge is 0.310 e. The molecule has 0 aliphatic rings. The Balaban J connectivity index is 2.76. The van der Waals surface area contributed by atoms with Gasteiger partial charge in [-0.15, -0.1) is 0 Å². The van der Waals surface area contributed by atoms with Crippen LogP contribution in [-0.2, 0) is 9.53 Å². The molecule has 1 amide bonds. The molecular weight excluding hydrogens is 317 g/mol. The van der Waals surface area contributed by atoms with Gasteiger partial charge >= 0.3 is 5.97 Å². The van der Waals surface area contributed by atoms with E-state index in [4.69, 9.17) is 0 Å². The zero-order valence-corrected chi connectivity index (χ0v) is 12.5. The predicted molar refractivity (Wildman–Crippen MR) is 72.2 cm³/mol. The predicted octanol–water partition coefficient (Wildman–Crippen LogP) is 2.47. The van der Waals surface area contributed by atoms with E-state index in [0.29, 0.717) is 4.47 Å². The molecule has 0 N–H and O–H groups in total. The van der Waals surface area contributed by atoms with Crippen LogP contribution < -0.4 is 0 Å². The average Bonchev–Trinajstić information content (AvgIpc) is 2.39. The lowest BCUT2D eigenvalue weighted by atomic mass is 10.1. The maximum Gasteiger partial charge on any atom is 0.310 e. The second-order valence-corrected chi connectivity index (χ2v) is 5.09. The number of carbonyl (C=O) groups is 2. The first-order chi connectivity index (χ1) is 8.86. The Morgan fingerprint density at radius 1 is 1.47 bits per heavy atom. The summed E-state index contributed by atoms with van der Waals surface area (Å²) in [5.41, 5.74) is 0.236. The molecule has 1 aromatic carbocycles. The van der Waals surface area contributed by atoms with Gasteiger partial charge < -0.3 is 9.64 Å². The highest BCUT2D eigenvalue weighted by Gasteiger charge is 2.20. The molecule has 19 heavy (non-hydrogen) atoms. The lowest BCUT2D eigenvalue weighted by molar-refractivity contribution is -0.145. The van der Waals surface area contributed by atoms with Gasteiger partial charge in [-0.05, 0) is 34.1 Å². The summed E-state index contributed by atoms with van der Waals surface area (Å²) in [5, 5.41) is 0. The van der Waals surface area contributed by atoms with E-state index >= 15 is 0 Å². The molecule has 0 bridgehead atoms. The summed E-state index contributed by atoms with van der Waals surface area (Å²) in [6.45, 7) is 1.88. The average molecular weight is 332 g/mol. The van der Waals surface area contributed by atoms with E-state index in [1.165, 1.54) is 24.1 Å². The molecule has 0 aliphatic carbocycles. The van der Waals surface area contributed by atoms with Crippen molar-refractivity contribution in [1.29, 1.82) is 0 Å². The zero-order chi connectivity index (χ0) is 14.6. The second kappa shape index (κ2) is 6.65. The van der Waals surface area contributed by atoms with Crippen LogP contribution in [0, 0.1) is 11.7 Å². The minimum absolute atomic E-state index is 0.211. The number of ether oxygens (including phenoxy) is 1. The highest BCUT2D eigenvalue weighted by molar-refractivity contribution is 9.10. The first-order valence-corrected chi connectivity index (χ1v) is 6.44. The topological polar surface area (TPSA) is 46.6 Å². The molecule has 1 atom stereocenters. The molecule has 0 heterocycles. The molecule has 1 unspecified atom stereocenters. The molecule has 0 aliphatic heterocycles. The highest BCUT2D eigenvalue weighted by atomic mass is 79.9. The summed E-state index contributed by atoms with van der Waals surface area (Å²) in [6, 6.07) is 4.15. The van der Waals surface area contributed by atoms with Crippen LogP contribution in [0.2, 0.25) is 0 Å². The molecule has 0 fully saturated rings. The third kappa shape index (κ3) is 4.02. The Morgan fingerprint density at radius 3 is 2.63 bits per heavy atom. The standard InChI is InChI=1S/C13H15BrFNO3/c1-8(13(18)19-3)7-16(2)12(17)9-4-5-10(14)11(15)6-9/h4-6,8H,7H2,1-3H3. The Bertz CT molecular complexity index is 493. The van der Waals surface area contributed by atoms with Gasteiger partial charge in [0.2, 0.25) is 0 Å². The zero-order valence-electron chi connectivity index (χ0n) is 10.9. The van der Waals surface area contributed by atoms with Gasteiger partial charge in [-0.3, -0.25) is 9.59 Å². The lowest BCUT2D eigenvalue weighted by Crippen LogP contribution is -2.34. The van der Waals surface area contributed by atoms with Crippen molar-refractivity contribution < 1.29 is 18.7 Å². The van der Waals surface area contributed by atoms with Gasteiger partial charge in [0.1, 0.15) is 5.82 Å². The largest absolute Gasteiger partial charge is 0.469 e. The van der Waals surface area contributed by atoms with Gasteiger partial charge in [0.05, 0.1) is 17.5 Å². The number of benzene rings is 1. The Kier molecular flexibility index (Phi) is 5.47. The number of halogens is 2. The molecular formula is C13H15BrFNO3. The summed E-state index contributed by atoms with van der Waals surface area (Å²) >= 11 is 3.02. The van der Waals surface area contributed by atoms with Crippen LogP contribution >= 0.6 is 15.9 Å². The van der Waals surface area contributed by atoms with Crippen LogP contribution in [0.3, 0.4) is 0 Å². The second-order valence-electron chi connectivity index (χ2n) is 4.24. The number of amides is 1. The van der Waals surface area contributed by atoms with Crippen molar-refractivity contribution >= 4 is 27.8 Å². The van der Waals surface area contributed by atoms with Crippen molar-refractivity contribution in [2.24, 2.45) is 5.92 Å². The fourth-order valence-electron chi connectivity index (χ4n) is 1.62. The molecule has 0 radical (unpaired) electrons. The molecule has 1 rings (SSSR count). The van der Waals surface area contributed by atoms with Crippen molar-refractivity contribution in [3.05, 3.63) is 34.1 Å². The summed E-state index contributed by atoms with van der Waals surface area (Å²) in [5.74, 6) is -1.66. The van der Waals surface area contributed by atoms with E-state index in [0.717, 1.165) is 6.07 Å². The summed E-state index contributed by atoms with van der Waals surface area (Å²) < 4.78 is 18.2. The molecule has 0 saturated heterocycles. The Hall–Kier alpha value is -1.43. The summed E-state index contributed by atoms with van der Waals surface area (Å²) in [7, 11) is 2.85. The van der Waals surface area contributed by atoms with Crippen LogP contribution in [0.15, 0.2) is 22.7 Å². The Labute approximate surface area is 119 Å². The molecule has 0 spiro atoms. The molecule has 104 valence electrons. The van der Waals surface area contributed by atoms with E-state index in [1.807, 2.05) is 0 Å². The summed E-state index contributed by atoms with van der Waals surface area (Å²) in [4.78, 5) is 24.7. The van der Waals surface area contributed by atoms with Crippen LogP contribution in [0.25, 0.3) is 0 Å². The van der Waals surface area contributed by atoms with E-state index in [1.54, 1.807) is 14.0 Å². The van der Waals surface area contributed by atoms with Gasteiger partial charge in [-0.25, -0.2) is 4.39 Å². The quantitative estimate of drug-likeness (QED) is 0.796. The molecule has 6 heteroatoms. The number of carbonyl (C=O) groups excluding carboxylic acids is 2. The molecule has 0 aromatic heterocycles. The van der Waals surface area contributed by atoms with E-state index < -0.39 is 11.7 Å². The van der Waals surface area contributed by atoms with Crippen LogP contribution in [0.1, 0.15) is 17.3 Å². The number of hydrogen-bond donors (Lipinski definition) is 0. The number of nitrogens with zero attached hydrogens (tertiary/aromatic N) is 1. The minimum Gasteiger partial charge on any atom is -0.469 e. The number of methoxy groups -OCH3 is 1. The van der Waals surface area contributed by atoms with Crippen molar-refractivity contribution in [3.63, 3.8) is 0 Å². The Morgan fingerprint density at radius 2 is 2.11 bits per heavy atom. The molecule has 4 nitrogen and oxygen atoms in total. The summed E-state index contributed by atoms with van der Waals surface area (Å²) in [6.07, 6.45) is 0. The van der Waals surface area contributed by atoms with E-state index in [-0.39, 0.29) is 24.0 Å². The van der Waals surface area contributed by atoms with Crippen LogP contribution in [-0.4, -0.2) is 37.5 Å².